The summed E-state index contributed by atoms with van der Waals surface area (Å²) < 4.78 is 8.57. The molecule has 0 aliphatic heterocycles. The molecular formula is C11H14IN3O. The Balaban J connectivity index is 2.38. The molecule has 5 heteroatoms. The highest BCUT2D eigenvalue weighted by Gasteiger charge is 2.22. The third-order valence-corrected chi connectivity index (χ3v) is 2.96. The Morgan fingerprint density at radius 2 is 2.25 bits per heavy atom. The monoisotopic (exact) mass is 331 g/mol. The third kappa shape index (κ3) is 2.30. The summed E-state index contributed by atoms with van der Waals surface area (Å²) in [5, 5.41) is 4.29. The zero-order valence-corrected chi connectivity index (χ0v) is 11.4. The quantitative estimate of drug-likeness (QED) is 0.879. The lowest BCUT2D eigenvalue weighted by molar-refractivity contribution is 0.360. The number of furan rings is 1. The van der Waals surface area contributed by atoms with Gasteiger partial charge in [-0.3, -0.25) is 4.68 Å². The summed E-state index contributed by atoms with van der Waals surface area (Å²) in [6, 6.07) is 3.80. The van der Waals surface area contributed by atoms with Crippen LogP contribution in [0.4, 0.5) is 0 Å². The third-order valence-electron chi connectivity index (χ3n) is 2.41. The van der Waals surface area contributed by atoms with Gasteiger partial charge in [0.15, 0.2) is 0 Å². The molecule has 86 valence electrons. The van der Waals surface area contributed by atoms with Gasteiger partial charge in [0.1, 0.15) is 17.6 Å². The maximum absolute atomic E-state index is 6.00. The number of halogens is 1. The fraction of sp³-hybridized carbons (Fsp3) is 0.364. The minimum atomic E-state index is -0.0544. The number of hydrogen-bond acceptors (Lipinski definition) is 3. The van der Waals surface area contributed by atoms with Gasteiger partial charge >= 0.3 is 0 Å². The van der Waals surface area contributed by atoms with Crippen LogP contribution in [0.15, 0.2) is 28.9 Å². The molecule has 2 N–H and O–H groups in total. The van der Waals surface area contributed by atoms with Crippen LogP contribution in [-0.4, -0.2) is 15.8 Å². The van der Waals surface area contributed by atoms with Crippen LogP contribution >= 0.6 is 22.6 Å². The molecule has 2 unspecified atom stereocenters. The van der Waals surface area contributed by atoms with Crippen LogP contribution in [0.5, 0.6) is 0 Å². The van der Waals surface area contributed by atoms with Crippen molar-refractivity contribution in [2.45, 2.75) is 25.9 Å². The van der Waals surface area contributed by atoms with Crippen molar-refractivity contribution < 1.29 is 4.42 Å². The standard InChI is InChI=1S/C11H14IN3O/c1-7-3-4-10(16-7)11(8(2)13)15-6-9(12)5-14-15/h3-6,8,11H,13H2,1-2H3. The van der Waals surface area contributed by atoms with E-state index in [1.807, 2.05) is 43.1 Å². The number of aryl methyl sites for hydroxylation is 1. The fourth-order valence-electron chi connectivity index (χ4n) is 1.71. The Morgan fingerprint density at radius 1 is 1.50 bits per heavy atom. The Hall–Kier alpha value is -0.820. The molecule has 0 radical (unpaired) electrons. The Bertz CT molecular complexity index is 435. The molecule has 2 aromatic heterocycles. The van der Waals surface area contributed by atoms with Crippen molar-refractivity contribution in [1.82, 2.24) is 9.78 Å². The number of nitrogens with zero attached hydrogens (tertiary/aromatic N) is 2. The second kappa shape index (κ2) is 4.58. The van der Waals surface area contributed by atoms with Crippen molar-refractivity contribution in [3.63, 3.8) is 0 Å². The molecule has 0 bridgehead atoms. The molecule has 0 spiro atoms. The van der Waals surface area contributed by atoms with Crippen molar-refractivity contribution in [3.8, 4) is 0 Å². The maximum atomic E-state index is 6.00. The summed E-state index contributed by atoms with van der Waals surface area (Å²) in [7, 11) is 0. The number of nitrogens with two attached hydrogens (primary N) is 1. The number of hydrogen-bond donors (Lipinski definition) is 1. The van der Waals surface area contributed by atoms with Crippen LogP contribution in [-0.2, 0) is 0 Å². The Kier molecular flexibility index (Phi) is 3.34. The molecule has 2 heterocycles. The molecule has 0 aliphatic carbocycles. The second-order valence-electron chi connectivity index (χ2n) is 3.89. The van der Waals surface area contributed by atoms with E-state index in [-0.39, 0.29) is 12.1 Å². The highest BCUT2D eigenvalue weighted by atomic mass is 127. The summed E-state index contributed by atoms with van der Waals surface area (Å²) in [5.74, 6) is 1.74. The average Bonchev–Trinajstić information content (AvgIpc) is 2.76. The first kappa shape index (κ1) is 11.7. The molecule has 2 rings (SSSR count). The van der Waals surface area contributed by atoms with Gasteiger partial charge in [-0.05, 0) is 48.6 Å². The lowest BCUT2D eigenvalue weighted by Gasteiger charge is -2.18. The van der Waals surface area contributed by atoms with Crippen LogP contribution < -0.4 is 5.73 Å². The van der Waals surface area contributed by atoms with Crippen LogP contribution in [0.1, 0.15) is 24.5 Å². The zero-order valence-electron chi connectivity index (χ0n) is 9.22. The lowest BCUT2D eigenvalue weighted by atomic mass is 10.1. The van der Waals surface area contributed by atoms with Gasteiger partial charge in [-0.2, -0.15) is 5.10 Å². The van der Waals surface area contributed by atoms with Gasteiger partial charge in [-0.25, -0.2) is 0 Å². The molecule has 0 amide bonds. The summed E-state index contributed by atoms with van der Waals surface area (Å²) >= 11 is 2.23. The first-order chi connectivity index (χ1) is 7.58. The van der Waals surface area contributed by atoms with E-state index in [0.29, 0.717) is 0 Å². The molecule has 0 fully saturated rings. The fourth-order valence-corrected chi connectivity index (χ4v) is 2.12. The molecule has 2 atom stereocenters. The number of rotatable bonds is 3. The minimum absolute atomic E-state index is 0.0442. The van der Waals surface area contributed by atoms with Crippen LogP contribution in [0, 0.1) is 10.5 Å². The van der Waals surface area contributed by atoms with E-state index in [1.54, 1.807) is 0 Å². The molecule has 0 saturated carbocycles. The van der Waals surface area contributed by atoms with Crippen molar-refractivity contribution in [2.24, 2.45) is 5.73 Å². The van der Waals surface area contributed by atoms with E-state index in [0.717, 1.165) is 15.1 Å². The Morgan fingerprint density at radius 3 is 2.69 bits per heavy atom. The first-order valence-corrected chi connectivity index (χ1v) is 6.17. The van der Waals surface area contributed by atoms with E-state index < -0.39 is 0 Å². The van der Waals surface area contributed by atoms with Crippen LogP contribution in [0.25, 0.3) is 0 Å². The van der Waals surface area contributed by atoms with Gasteiger partial charge in [0.05, 0.1) is 9.77 Å². The minimum Gasteiger partial charge on any atom is -0.464 e. The Labute approximate surface area is 108 Å². The van der Waals surface area contributed by atoms with Gasteiger partial charge < -0.3 is 10.2 Å². The van der Waals surface area contributed by atoms with Crippen molar-refractivity contribution in [2.75, 3.05) is 0 Å². The zero-order chi connectivity index (χ0) is 11.7. The second-order valence-corrected chi connectivity index (χ2v) is 5.14. The van der Waals surface area contributed by atoms with Gasteiger partial charge in [0.2, 0.25) is 0 Å². The smallest absolute Gasteiger partial charge is 0.130 e. The summed E-state index contributed by atoms with van der Waals surface area (Å²) in [6.07, 6.45) is 3.78. The molecule has 2 aromatic rings. The van der Waals surface area contributed by atoms with Gasteiger partial charge in [-0.15, -0.1) is 0 Å². The molecule has 0 aromatic carbocycles. The summed E-state index contributed by atoms with van der Waals surface area (Å²) in [6.45, 7) is 3.88. The van der Waals surface area contributed by atoms with Crippen molar-refractivity contribution in [1.29, 1.82) is 0 Å². The van der Waals surface area contributed by atoms with E-state index in [9.17, 15) is 0 Å². The largest absolute Gasteiger partial charge is 0.464 e. The average molecular weight is 331 g/mol. The van der Waals surface area contributed by atoms with E-state index in [2.05, 4.69) is 27.7 Å². The highest BCUT2D eigenvalue weighted by molar-refractivity contribution is 14.1. The van der Waals surface area contributed by atoms with E-state index in [4.69, 9.17) is 10.2 Å². The molecule has 0 aliphatic rings. The van der Waals surface area contributed by atoms with Crippen molar-refractivity contribution >= 4 is 22.6 Å². The van der Waals surface area contributed by atoms with Crippen LogP contribution in [0.2, 0.25) is 0 Å². The predicted molar refractivity (Wildman–Crippen MR) is 70.2 cm³/mol. The van der Waals surface area contributed by atoms with Gasteiger partial charge in [0.25, 0.3) is 0 Å². The topological polar surface area (TPSA) is 57.0 Å². The highest BCUT2D eigenvalue weighted by Crippen LogP contribution is 2.23. The summed E-state index contributed by atoms with van der Waals surface area (Å²) in [5.41, 5.74) is 6.00. The summed E-state index contributed by atoms with van der Waals surface area (Å²) in [4.78, 5) is 0. The SMILES string of the molecule is Cc1ccc(C(C(C)N)n2cc(I)cn2)o1. The van der Waals surface area contributed by atoms with Crippen molar-refractivity contribution in [3.05, 3.63) is 39.6 Å². The maximum Gasteiger partial charge on any atom is 0.130 e. The molecule has 16 heavy (non-hydrogen) atoms. The molecular weight excluding hydrogens is 317 g/mol. The van der Waals surface area contributed by atoms with Crippen LogP contribution in [0.3, 0.4) is 0 Å². The van der Waals surface area contributed by atoms with Gasteiger partial charge in [-0.1, -0.05) is 0 Å². The first-order valence-electron chi connectivity index (χ1n) is 5.09. The van der Waals surface area contributed by atoms with Gasteiger partial charge in [0, 0.05) is 12.2 Å². The molecule has 4 nitrogen and oxygen atoms in total. The predicted octanol–water partition coefficient (Wildman–Crippen LogP) is 2.33. The lowest BCUT2D eigenvalue weighted by Crippen LogP contribution is -2.30. The molecule has 0 saturated heterocycles. The van der Waals surface area contributed by atoms with E-state index in [1.165, 1.54) is 0 Å². The normalized spacial score (nSPS) is 15.0. The number of aromatic nitrogens is 2. The van der Waals surface area contributed by atoms with E-state index >= 15 is 0 Å².